The Bertz CT molecular complexity index is 741. The lowest BCUT2D eigenvalue weighted by Gasteiger charge is -2.41. The van der Waals surface area contributed by atoms with Crippen molar-refractivity contribution in [1.82, 2.24) is 19.8 Å². The first-order chi connectivity index (χ1) is 13.9. The minimum Gasteiger partial charge on any atom is -0.492 e. The van der Waals surface area contributed by atoms with Crippen LogP contribution in [-0.4, -0.2) is 84.4 Å². The van der Waals surface area contributed by atoms with Gasteiger partial charge in [0.25, 0.3) is 0 Å². The molecule has 1 unspecified atom stereocenters. The Balaban J connectivity index is 1.51. The van der Waals surface area contributed by atoms with E-state index in [0.717, 1.165) is 44.0 Å². The van der Waals surface area contributed by atoms with Gasteiger partial charge in [0.1, 0.15) is 18.2 Å². The van der Waals surface area contributed by atoms with Gasteiger partial charge in [-0.3, -0.25) is 9.88 Å². The molecule has 1 fully saturated rings. The predicted octanol–water partition coefficient (Wildman–Crippen LogP) is 1.88. The van der Waals surface area contributed by atoms with Crippen LogP contribution in [0.4, 0.5) is 5.82 Å². The van der Waals surface area contributed by atoms with Gasteiger partial charge in [0, 0.05) is 45.1 Å². The molecule has 0 spiro atoms. The number of likely N-dealkylation sites (N-methyl/N-ethyl adjacent to an activating group) is 2. The third kappa shape index (κ3) is 6.66. The van der Waals surface area contributed by atoms with Crippen LogP contribution in [-0.2, 0) is 6.54 Å². The van der Waals surface area contributed by atoms with Crippen LogP contribution in [0.1, 0.15) is 18.4 Å². The van der Waals surface area contributed by atoms with Gasteiger partial charge in [0.05, 0.1) is 11.8 Å². The first-order valence-electron chi connectivity index (χ1n) is 10.2. The second-order valence-electron chi connectivity index (χ2n) is 8.28. The topological polar surface area (TPSA) is 65.0 Å². The zero-order chi connectivity index (χ0) is 20.7. The van der Waals surface area contributed by atoms with E-state index in [1.807, 2.05) is 26.2 Å². The van der Waals surface area contributed by atoms with Crippen molar-refractivity contribution in [2.24, 2.45) is 0 Å². The van der Waals surface area contributed by atoms with Crippen LogP contribution in [0.25, 0.3) is 0 Å². The third-order valence-corrected chi connectivity index (χ3v) is 5.18. The maximum atomic E-state index is 11.2. The summed E-state index contributed by atoms with van der Waals surface area (Å²) in [7, 11) is 6.13. The summed E-state index contributed by atoms with van der Waals surface area (Å²) in [4.78, 5) is 14.9. The summed E-state index contributed by atoms with van der Waals surface area (Å²) in [6, 6.07) is 8.23. The molecule has 0 saturated carbocycles. The van der Waals surface area contributed by atoms with Crippen molar-refractivity contribution >= 4 is 5.82 Å². The highest BCUT2D eigenvalue weighted by Crippen LogP contribution is 2.25. The summed E-state index contributed by atoms with van der Waals surface area (Å²) in [6.07, 6.45) is 6.87. The molecule has 7 nitrogen and oxygen atoms in total. The highest BCUT2D eigenvalue weighted by Gasteiger charge is 2.34. The number of benzene rings is 1. The molecule has 0 bridgehead atoms. The Kier molecular flexibility index (Phi) is 7.41. The summed E-state index contributed by atoms with van der Waals surface area (Å²) in [5, 5.41) is 11.2. The van der Waals surface area contributed by atoms with Gasteiger partial charge >= 0.3 is 0 Å². The number of nitrogens with zero attached hydrogens (tertiary/aromatic N) is 5. The Morgan fingerprint density at radius 1 is 1.17 bits per heavy atom. The molecule has 1 aromatic carbocycles. The quantitative estimate of drug-likeness (QED) is 0.691. The van der Waals surface area contributed by atoms with Gasteiger partial charge in [-0.25, -0.2) is 4.98 Å². The molecule has 7 heteroatoms. The monoisotopic (exact) mass is 399 g/mol. The largest absolute Gasteiger partial charge is 0.492 e. The number of aromatic nitrogens is 2. The molecule has 158 valence electrons. The predicted molar refractivity (Wildman–Crippen MR) is 115 cm³/mol. The lowest BCUT2D eigenvalue weighted by Crippen LogP contribution is -2.54. The summed E-state index contributed by atoms with van der Waals surface area (Å²) in [6.45, 7) is 4.46. The molecule has 1 aliphatic rings. The molecule has 1 aliphatic heterocycles. The summed E-state index contributed by atoms with van der Waals surface area (Å²) >= 11 is 0. The molecular weight excluding hydrogens is 366 g/mol. The Hall–Kier alpha value is -2.22. The maximum absolute atomic E-state index is 11.2. The first-order valence-corrected chi connectivity index (χ1v) is 10.2. The minimum atomic E-state index is -0.750. The molecule has 2 heterocycles. The number of anilines is 1. The molecule has 0 aliphatic carbocycles. The van der Waals surface area contributed by atoms with Crippen LogP contribution in [0.2, 0.25) is 0 Å². The maximum Gasteiger partial charge on any atom is 0.147 e. The summed E-state index contributed by atoms with van der Waals surface area (Å²) < 4.78 is 5.76. The molecular formula is C22H33N5O2. The number of hydrogen-bond acceptors (Lipinski definition) is 7. The molecule has 1 saturated heterocycles. The van der Waals surface area contributed by atoms with E-state index in [9.17, 15) is 5.11 Å². The minimum absolute atomic E-state index is 0.578. The number of piperidine rings is 1. The molecule has 1 aromatic heterocycles. The highest BCUT2D eigenvalue weighted by atomic mass is 16.5. The Morgan fingerprint density at radius 3 is 2.66 bits per heavy atom. The standard InChI is InChI=1S/C22H33N5O2/c1-25(2)13-14-29-20-7-5-19(6-8-20)16-26(3)17-22(28)9-4-12-27(18-22)21-15-23-10-11-24-21/h5-8,10-11,15,28H,4,9,12-14,16-18H2,1-3H3. The third-order valence-electron chi connectivity index (χ3n) is 5.18. The summed E-state index contributed by atoms with van der Waals surface area (Å²) in [5.41, 5.74) is 0.456. The van der Waals surface area contributed by atoms with Crippen molar-refractivity contribution < 1.29 is 9.84 Å². The van der Waals surface area contributed by atoms with Gasteiger partial charge in [-0.05, 0) is 51.7 Å². The fourth-order valence-electron chi connectivity index (χ4n) is 3.80. The van der Waals surface area contributed by atoms with Crippen molar-refractivity contribution in [2.45, 2.75) is 25.0 Å². The van der Waals surface area contributed by atoms with Crippen LogP contribution in [0, 0.1) is 0 Å². The van der Waals surface area contributed by atoms with E-state index in [4.69, 9.17) is 4.74 Å². The van der Waals surface area contributed by atoms with Crippen LogP contribution >= 0.6 is 0 Å². The fraction of sp³-hybridized carbons (Fsp3) is 0.545. The van der Waals surface area contributed by atoms with E-state index in [0.29, 0.717) is 19.7 Å². The molecule has 1 N–H and O–H groups in total. The Labute approximate surface area is 173 Å². The zero-order valence-corrected chi connectivity index (χ0v) is 17.8. The van der Waals surface area contributed by atoms with Gasteiger partial charge in [-0.1, -0.05) is 12.1 Å². The van der Waals surface area contributed by atoms with Crippen LogP contribution in [0.15, 0.2) is 42.9 Å². The second kappa shape index (κ2) is 10.0. The Morgan fingerprint density at radius 2 is 1.97 bits per heavy atom. The van der Waals surface area contributed by atoms with Crippen LogP contribution in [0.5, 0.6) is 5.75 Å². The molecule has 29 heavy (non-hydrogen) atoms. The van der Waals surface area contributed by atoms with Gasteiger partial charge in [-0.2, -0.15) is 0 Å². The fourth-order valence-corrected chi connectivity index (χ4v) is 3.80. The van der Waals surface area contributed by atoms with E-state index in [1.54, 1.807) is 18.6 Å². The summed E-state index contributed by atoms with van der Waals surface area (Å²) in [5.74, 6) is 1.72. The van der Waals surface area contributed by atoms with E-state index in [-0.39, 0.29) is 0 Å². The lowest BCUT2D eigenvalue weighted by molar-refractivity contribution is -0.00349. The van der Waals surface area contributed by atoms with Gasteiger partial charge in [0.2, 0.25) is 0 Å². The van der Waals surface area contributed by atoms with Gasteiger partial charge in [0.15, 0.2) is 0 Å². The van der Waals surface area contributed by atoms with Gasteiger partial charge in [-0.15, -0.1) is 0 Å². The SMILES string of the molecule is CN(C)CCOc1ccc(CN(C)CC2(O)CCCN(c3cnccn3)C2)cc1. The second-order valence-corrected chi connectivity index (χ2v) is 8.28. The number of ether oxygens (including phenoxy) is 1. The average Bonchev–Trinajstić information content (AvgIpc) is 2.69. The lowest BCUT2D eigenvalue weighted by atomic mass is 9.92. The van der Waals surface area contributed by atoms with Crippen molar-refractivity contribution in [2.75, 3.05) is 58.8 Å². The first kappa shape index (κ1) is 21.5. The zero-order valence-electron chi connectivity index (χ0n) is 17.8. The number of hydrogen-bond donors (Lipinski definition) is 1. The van der Waals surface area contributed by atoms with Crippen LogP contribution in [0.3, 0.4) is 0 Å². The molecule has 0 amide bonds. The smallest absolute Gasteiger partial charge is 0.147 e. The van der Waals surface area contributed by atoms with Crippen molar-refractivity contribution in [3.63, 3.8) is 0 Å². The number of β-amino-alcohol motifs (C(OH)–C–C–N with tert-alkyl or cyclic N) is 1. The molecule has 3 rings (SSSR count). The molecule has 2 aromatic rings. The van der Waals surface area contributed by atoms with E-state index < -0.39 is 5.60 Å². The molecule has 0 radical (unpaired) electrons. The van der Waals surface area contributed by atoms with Crippen molar-refractivity contribution in [3.8, 4) is 5.75 Å². The molecule has 1 atom stereocenters. The van der Waals surface area contributed by atoms with Gasteiger partial charge < -0.3 is 19.6 Å². The average molecular weight is 400 g/mol. The number of aliphatic hydroxyl groups is 1. The normalized spacial score (nSPS) is 19.7. The number of rotatable bonds is 9. The highest BCUT2D eigenvalue weighted by molar-refractivity contribution is 5.36. The van der Waals surface area contributed by atoms with Crippen LogP contribution < -0.4 is 9.64 Å². The van der Waals surface area contributed by atoms with E-state index in [1.165, 1.54) is 5.56 Å². The van der Waals surface area contributed by atoms with E-state index in [2.05, 4.69) is 43.8 Å². The van der Waals surface area contributed by atoms with Crippen molar-refractivity contribution in [3.05, 3.63) is 48.4 Å². The van der Waals surface area contributed by atoms with E-state index >= 15 is 0 Å². The van der Waals surface area contributed by atoms with Crippen molar-refractivity contribution in [1.29, 1.82) is 0 Å².